The molecule has 0 aromatic heterocycles. The zero-order valence-electron chi connectivity index (χ0n) is 8.13. The zero-order valence-corrected chi connectivity index (χ0v) is 8.89. The molecular formula is C10H12ClNO2. The lowest BCUT2D eigenvalue weighted by molar-refractivity contribution is 0.323. The first kappa shape index (κ1) is 10.9. The Morgan fingerprint density at radius 1 is 1.50 bits per heavy atom. The minimum Gasteiger partial charge on any atom is -0.496 e. The van der Waals surface area contributed by atoms with Gasteiger partial charge in [-0.25, -0.2) is 0 Å². The van der Waals surface area contributed by atoms with Crippen LogP contribution in [0.5, 0.6) is 5.75 Å². The number of rotatable bonds is 3. The van der Waals surface area contributed by atoms with Crippen LogP contribution in [0.3, 0.4) is 0 Å². The van der Waals surface area contributed by atoms with Crippen molar-refractivity contribution in [3.8, 4) is 5.75 Å². The molecule has 0 aliphatic carbocycles. The Balaban J connectivity index is 3.10. The molecule has 1 aromatic carbocycles. The predicted molar refractivity (Wildman–Crippen MR) is 56.5 cm³/mol. The van der Waals surface area contributed by atoms with Gasteiger partial charge in [0.15, 0.2) is 0 Å². The average molecular weight is 214 g/mol. The first-order valence-corrected chi connectivity index (χ1v) is 4.62. The molecule has 0 saturated heterocycles. The lowest BCUT2D eigenvalue weighted by atomic mass is 10.2. The molecule has 14 heavy (non-hydrogen) atoms. The lowest BCUT2D eigenvalue weighted by Crippen LogP contribution is -2.07. The molecule has 76 valence electrons. The summed E-state index contributed by atoms with van der Waals surface area (Å²) in [5.41, 5.74) is 0.499. The summed E-state index contributed by atoms with van der Waals surface area (Å²) >= 11 is 5.94. The number of hydrogen-bond donors (Lipinski definition) is 1. The number of ether oxygens (including phenoxy) is 2. The second-order valence-electron chi connectivity index (χ2n) is 2.58. The van der Waals surface area contributed by atoms with Gasteiger partial charge in [0.2, 0.25) is 5.90 Å². The first-order valence-electron chi connectivity index (χ1n) is 4.25. The summed E-state index contributed by atoms with van der Waals surface area (Å²) in [6, 6.07) is 5.21. The third-order valence-electron chi connectivity index (χ3n) is 1.71. The molecule has 0 aliphatic heterocycles. The van der Waals surface area contributed by atoms with E-state index in [9.17, 15) is 0 Å². The SMILES string of the molecule is CCOC(=N)c1c(Cl)cccc1OC. The van der Waals surface area contributed by atoms with Gasteiger partial charge in [0.05, 0.1) is 24.3 Å². The van der Waals surface area contributed by atoms with Gasteiger partial charge in [-0.1, -0.05) is 17.7 Å². The fourth-order valence-corrected chi connectivity index (χ4v) is 1.36. The normalized spacial score (nSPS) is 9.64. The standard InChI is InChI=1S/C10H12ClNO2/c1-3-14-10(12)9-7(11)5-4-6-8(9)13-2/h4-6,12H,3H2,1-2H3. The Hall–Kier alpha value is -1.22. The van der Waals surface area contributed by atoms with Gasteiger partial charge >= 0.3 is 0 Å². The van der Waals surface area contributed by atoms with E-state index in [1.54, 1.807) is 18.2 Å². The number of halogens is 1. The van der Waals surface area contributed by atoms with E-state index >= 15 is 0 Å². The fourth-order valence-electron chi connectivity index (χ4n) is 1.11. The van der Waals surface area contributed by atoms with E-state index < -0.39 is 0 Å². The molecule has 0 radical (unpaired) electrons. The Bertz CT molecular complexity index is 339. The molecule has 0 saturated carbocycles. The van der Waals surface area contributed by atoms with Gasteiger partial charge in [-0.3, -0.25) is 5.41 Å². The van der Waals surface area contributed by atoms with Crippen LogP contribution in [0.4, 0.5) is 0 Å². The zero-order chi connectivity index (χ0) is 10.6. The molecule has 0 heterocycles. The Kier molecular flexibility index (Phi) is 3.77. The van der Waals surface area contributed by atoms with Crippen LogP contribution in [-0.4, -0.2) is 19.6 Å². The van der Waals surface area contributed by atoms with Crippen molar-refractivity contribution in [1.29, 1.82) is 5.41 Å². The van der Waals surface area contributed by atoms with E-state index in [1.807, 2.05) is 6.92 Å². The second-order valence-corrected chi connectivity index (χ2v) is 2.99. The Morgan fingerprint density at radius 3 is 2.79 bits per heavy atom. The fraction of sp³-hybridized carbons (Fsp3) is 0.300. The van der Waals surface area contributed by atoms with Crippen LogP contribution >= 0.6 is 11.6 Å². The lowest BCUT2D eigenvalue weighted by Gasteiger charge is -2.10. The van der Waals surface area contributed by atoms with E-state index in [0.29, 0.717) is 22.9 Å². The summed E-state index contributed by atoms with van der Waals surface area (Å²) in [6.45, 7) is 2.26. The van der Waals surface area contributed by atoms with E-state index in [1.165, 1.54) is 7.11 Å². The molecule has 0 spiro atoms. The van der Waals surface area contributed by atoms with Crippen molar-refractivity contribution in [3.05, 3.63) is 28.8 Å². The van der Waals surface area contributed by atoms with Gasteiger partial charge in [-0.2, -0.15) is 0 Å². The van der Waals surface area contributed by atoms with Crippen LogP contribution in [0.2, 0.25) is 5.02 Å². The highest BCUT2D eigenvalue weighted by Crippen LogP contribution is 2.26. The van der Waals surface area contributed by atoms with Crippen molar-refractivity contribution in [2.24, 2.45) is 0 Å². The van der Waals surface area contributed by atoms with Crippen molar-refractivity contribution in [2.45, 2.75) is 6.92 Å². The monoisotopic (exact) mass is 213 g/mol. The molecule has 0 aliphatic rings. The maximum Gasteiger partial charge on any atom is 0.218 e. The van der Waals surface area contributed by atoms with Gasteiger partial charge < -0.3 is 9.47 Å². The summed E-state index contributed by atoms with van der Waals surface area (Å²) in [7, 11) is 1.54. The van der Waals surface area contributed by atoms with Crippen molar-refractivity contribution in [3.63, 3.8) is 0 Å². The summed E-state index contributed by atoms with van der Waals surface area (Å²) in [6.07, 6.45) is 0. The summed E-state index contributed by atoms with van der Waals surface area (Å²) in [4.78, 5) is 0. The van der Waals surface area contributed by atoms with Crippen molar-refractivity contribution in [1.82, 2.24) is 0 Å². The number of benzene rings is 1. The quantitative estimate of drug-likeness (QED) is 0.620. The molecule has 0 fully saturated rings. The second kappa shape index (κ2) is 4.86. The molecule has 0 atom stereocenters. The van der Waals surface area contributed by atoms with E-state index in [2.05, 4.69) is 0 Å². The minimum absolute atomic E-state index is 0.0370. The maximum atomic E-state index is 7.63. The highest BCUT2D eigenvalue weighted by molar-refractivity contribution is 6.34. The minimum atomic E-state index is 0.0370. The molecule has 1 rings (SSSR count). The first-order chi connectivity index (χ1) is 6.70. The molecule has 4 heteroatoms. The van der Waals surface area contributed by atoms with E-state index in [4.69, 9.17) is 26.5 Å². The molecule has 0 bridgehead atoms. The van der Waals surface area contributed by atoms with Gasteiger partial charge in [0.1, 0.15) is 5.75 Å². The van der Waals surface area contributed by atoms with Gasteiger partial charge in [-0.15, -0.1) is 0 Å². The maximum absolute atomic E-state index is 7.63. The number of nitrogens with one attached hydrogen (secondary N) is 1. The van der Waals surface area contributed by atoms with Crippen LogP contribution in [0.25, 0.3) is 0 Å². The molecule has 3 nitrogen and oxygen atoms in total. The third-order valence-corrected chi connectivity index (χ3v) is 2.03. The third kappa shape index (κ3) is 2.17. The highest BCUT2D eigenvalue weighted by atomic mass is 35.5. The number of methoxy groups -OCH3 is 1. The van der Waals surface area contributed by atoms with Crippen molar-refractivity contribution in [2.75, 3.05) is 13.7 Å². The summed E-state index contributed by atoms with van der Waals surface area (Å²) in [5.74, 6) is 0.589. The summed E-state index contributed by atoms with van der Waals surface area (Å²) in [5, 5.41) is 8.09. The molecule has 1 aromatic rings. The van der Waals surface area contributed by atoms with Crippen molar-refractivity contribution >= 4 is 17.5 Å². The van der Waals surface area contributed by atoms with Crippen LogP contribution < -0.4 is 4.74 Å². The van der Waals surface area contributed by atoms with Crippen molar-refractivity contribution < 1.29 is 9.47 Å². The highest BCUT2D eigenvalue weighted by Gasteiger charge is 2.13. The number of hydrogen-bond acceptors (Lipinski definition) is 3. The Labute approximate surface area is 88.1 Å². The summed E-state index contributed by atoms with van der Waals surface area (Å²) < 4.78 is 10.2. The van der Waals surface area contributed by atoms with Gasteiger partial charge in [0.25, 0.3) is 0 Å². The molecule has 1 N–H and O–H groups in total. The topological polar surface area (TPSA) is 42.3 Å². The smallest absolute Gasteiger partial charge is 0.218 e. The molecular weight excluding hydrogens is 202 g/mol. The molecule has 0 unspecified atom stereocenters. The van der Waals surface area contributed by atoms with Crippen LogP contribution in [0.15, 0.2) is 18.2 Å². The van der Waals surface area contributed by atoms with E-state index in [0.717, 1.165) is 0 Å². The van der Waals surface area contributed by atoms with Crippen LogP contribution in [0.1, 0.15) is 12.5 Å². The van der Waals surface area contributed by atoms with Crippen LogP contribution in [0, 0.1) is 5.41 Å². The largest absolute Gasteiger partial charge is 0.496 e. The average Bonchev–Trinajstić information content (AvgIpc) is 2.17. The molecule has 0 amide bonds. The van der Waals surface area contributed by atoms with Crippen LogP contribution in [-0.2, 0) is 4.74 Å². The van der Waals surface area contributed by atoms with Gasteiger partial charge in [0, 0.05) is 0 Å². The van der Waals surface area contributed by atoms with E-state index in [-0.39, 0.29) is 5.90 Å². The Morgan fingerprint density at radius 2 is 2.21 bits per heavy atom. The predicted octanol–water partition coefficient (Wildman–Crippen LogP) is 2.71. The van der Waals surface area contributed by atoms with Gasteiger partial charge in [-0.05, 0) is 19.1 Å².